The molecule has 1 aliphatic carbocycles. The predicted octanol–water partition coefficient (Wildman–Crippen LogP) is 4.76. The van der Waals surface area contributed by atoms with Crippen LogP contribution in [0.4, 0.5) is 5.69 Å². The number of benzene rings is 2. The molecule has 3 N–H and O–H groups in total. The molecule has 1 saturated carbocycles. The maximum atomic E-state index is 13.1. The third-order valence-electron chi connectivity index (χ3n) is 6.20. The number of carbonyl (C=O) groups is 1. The van der Waals surface area contributed by atoms with E-state index in [9.17, 15) is 4.79 Å². The maximum Gasteiger partial charge on any atom is 0.250 e. The number of amidine groups is 1. The molecule has 1 amide bonds. The summed E-state index contributed by atoms with van der Waals surface area (Å²) in [4.78, 5) is 19.7. The zero-order valence-corrected chi connectivity index (χ0v) is 19.2. The second kappa shape index (κ2) is 10.1. The Morgan fingerprint density at radius 2 is 1.88 bits per heavy atom. The second-order valence-electron chi connectivity index (χ2n) is 8.88. The van der Waals surface area contributed by atoms with Gasteiger partial charge in [0.2, 0.25) is 5.91 Å². The Hall–Kier alpha value is -2.92. The second-order valence-corrected chi connectivity index (χ2v) is 8.88. The fourth-order valence-corrected chi connectivity index (χ4v) is 4.48. The molecule has 0 bridgehead atoms. The summed E-state index contributed by atoms with van der Waals surface area (Å²) in [7, 11) is 0. The van der Waals surface area contributed by atoms with Crippen LogP contribution in [0.1, 0.15) is 62.1 Å². The lowest BCUT2D eigenvalue weighted by molar-refractivity contribution is -0.127. The lowest BCUT2D eigenvalue weighted by atomic mass is 10.0. The molecule has 2 aromatic rings. The van der Waals surface area contributed by atoms with E-state index in [4.69, 9.17) is 5.73 Å². The average Bonchev–Trinajstić information content (AvgIpc) is 3.60. The van der Waals surface area contributed by atoms with Crippen LogP contribution >= 0.6 is 0 Å². The van der Waals surface area contributed by atoms with Crippen molar-refractivity contribution >= 4 is 23.5 Å². The van der Waals surface area contributed by atoms with Crippen molar-refractivity contribution in [2.24, 2.45) is 10.7 Å². The Labute approximate surface area is 191 Å². The van der Waals surface area contributed by atoms with Crippen LogP contribution < -0.4 is 11.1 Å². The highest BCUT2D eigenvalue weighted by molar-refractivity contribution is 6.05. The van der Waals surface area contributed by atoms with Crippen LogP contribution in [0.5, 0.6) is 0 Å². The van der Waals surface area contributed by atoms with E-state index >= 15 is 0 Å². The van der Waals surface area contributed by atoms with E-state index in [1.807, 2.05) is 11.0 Å². The van der Waals surface area contributed by atoms with Crippen molar-refractivity contribution in [3.63, 3.8) is 0 Å². The minimum absolute atomic E-state index is 0.0751. The normalized spacial score (nSPS) is 19.4. The third kappa shape index (κ3) is 5.28. The van der Waals surface area contributed by atoms with E-state index in [0.717, 1.165) is 49.3 Å². The maximum absolute atomic E-state index is 13.1. The van der Waals surface area contributed by atoms with E-state index in [2.05, 4.69) is 72.7 Å². The molecule has 168 valence electrons. The highest BCUT2D eigenvalue weighted by atomic mass is 16.2. The van der Waals surface area contributed by atoms with Gasteiger partial charge in [0.25, 0.3) is 0 Å². The SMILES string of the molecule is CCCN(CCC)C(=O)C1=Cc2ccc(CN[C@H]3C[C@@H]3c3ccccc3)cc2N=C(N)C1. The van der Waals surface area contributed by atoms with Crippen LogP contribution in [0.25, 0.3) is 6.08 Å². The van der Waals surface area contributed by atoms with Crippen LogP contribution in [0.2, 0.25) is 0 Å². The molecule has 0 radical (unpaired) electrons. The highest BCUT2D eigenvalue weighted by Crippen LogP contribution is 2.40. The molecule has 0 unspecified atom stereocenters. The Morgan fingerprint density at radius 1 is 1.12 bits per heavy atom. The van der Waals surface area contributed by atoms with Gasteiger partial charge in [0.05, 0.1) is 5.69 Å². The Bertz CT molecular complexity index is 1010. The summed E-state index contributed by atoms with van der Waals surface area (Å²) in [5.74, 6) is 1.18. The monoisotopic (exact) mass is 430 g/mol. The van der Waals surface area contributed by atoms with Gasteiger partial charge in [-0.1, -0.05) is 56.3 Å². The Kier molecular flexibility index (Phi) is 7.05. The van der Waals surface area contributed by atoms with Gasteiger partial charge in [0.15, 0.2) is 0 Å². The van der Waals surface area contributed by atoms with Gasteiger partial charge in [-0.2, -0.15) is 0 Å². The van der Waals surface area contributed by atoms with E-state index in [1.165, 1.54) is 17.5 Å². The van der Waals surface area contributed by atoms with Gasteiger partial charge in [-0.05, 0) is 42.5 Å². The molecule has 0 spiro atoms. The minimum atomic E-state index is 0.0751. The zero-order chi connectivity index (χ0) is 22.5. The third-order valence-corrected chi connectivity index (χ3v) is 6.20. The first-order valence-electron chi connectivity index (χ1n) is 11.8. The first-order chi connectivity index (χ1) is 15.6. The molecule has 2 aromatic carbocycles. The number of carbonyl (C=O) groups excluding carboxylic acids is 1. The van der Waals surface area contributed by atoms with E-state index < -0.39 is 0 Å². The number of aliphatic imine (C=N–C) groups is 1. The number of fused-ring (bicyclic) bond motifs is 1. The molecular formula is C27H34N4O. The summed E-state index contributed by atoms with van der Waals surface area (Å²) in [6.07, 6.45) is 5.44. The van der Waals surface area contributed by atoms with Crippen molar-refractivity contribution in [2.45, 2.75) is 58.0 Å². The van der Waals surface area contributed by atoms with Crippen LogP contribution in [0.15, 0.2) is 59.1 Å². The molecule has 1 fully saturated rings. The average molecular weight is 431 g/mol. The van der Waals surface area contributed by atoms with E-state index in [1.54, 1.807) is 0 Å². The van der Waals surface area contributed by atoms with Crippen molar-refractivity contribution in [3.8, 4) is 0 Å². The molecule has 0 saturated heterocycles. The summed E-state index contributed by atoms with van der Waals surface area (Å²) < 4.78 is 0. The van der Waals surface area contributed by atoms with Gasteiger partial charge in [-0.25, -0.2) is 4.99 Å². The topological polar surface area (TPSA) is 70.7 Å². The molecule has 5 heteroatoms. The Balaban J connectivity index is 1.45. The summed E-state index contributed by atoms with van der Waals surface area (Å²) in [5, 5.41) is 3.67. The zero-order valence-electron chi connectivity index (χ0n) is 19.2. The number of nitrogens with zero attached hydrogens (tertiary/aromatic N) is 2. The van der Waals surface area contributed by atoms with Crippen molar-refractivity contribution < 1.29 is 4.79 Å². The Morgan fingerprint density at radius 3 is 2.59 bits per heavy atom. The molecule has 2 aliphatic rings. The highest BCUT2D eigenvalue weighted by Gasteiger charge is 2.37. The van der Waals surface area contributed by atoms with Crippen LogP contribution in [-0.2, 0) is 11.3 Å². The fraction of sp³-hybridized carbons (Fsp3) is 0.407. The molecule has 2 atom stereocenters. The molecule has 0 aromatic heterocycles. The van der Waals surface area contributed by atoms with Crippen molar-refractivity contribution in [2.75, 3.05) is 13.1 Å². The van der Waals surface area contributed by atoms with E-state index in [-0.39, 0.29) is 5.91 Å². The van der Waals surface area contributed by atoms with Crippen LogP contribution in [0.3, 0.4) is 0 Å². The summed E-state index contributed by atoms with van der Waals surface area (Å²) in [6, 6.07) is 17.5. The molecule has 5 nitrogen and oxygen atoms in total. The van der Waals surface area contributed by atoms with Gasteiger partial charge in [-0.3, -0.25) is 4.79 Å². The quantitative estimate of drug-likeness (QED) is 0.603. The molecule has 1 heterocycles. The molecule has 1 aliphatic heterocycles. The smallest absolute Gasteiger partial charge is 0.250 e. The summed E-state index contributed by atoms with van der Waals surface area (Å²) in [5.41, 5.74) is 11.3. The molecular weight excluding hydrogens is 396 g/mol. The lowest BCUT2D eigenvalue weighted by Gasteiger charge is -2.22. The minimum Gasteiger partial charge on any atom is -0.387 e. The summed E-state index contributed by atoms with van der Waals surface area (Å²) in [6.45, 7) is 6.53. The number of rotatable bonds is 9. The molecule has 4 rings (SSSR count). The van der Waals surface area contributed by atoms with Gasteiger partial charge < -0.3 is 16.0 Å². The largest absolute Gasteiger partial charge is 0.387 e. The number of hydrogen-bond donors (Lipinski definition) is 2. The number of nitrogens with one attached hydrogen (secondary N) is 1. The van der Waals surface area contributed by atoms with Gasteiger partial charge in [0, 0.05) is 49.2 Å². The van der Waals surface area contributed by atoms with Crippen LogP contribution in [0, 0.1) is 0 Å². The van der Waals surface area contributed by atoms with Crippen molar-refractivity contribution in [1.29, 1.82) is 0 Å². The lowest BCUT2D eigenvalue weighted by Crippen LogP contribution is -2.34. The van der Waals surface area contributed by atoms with Crippen molar-refractivity contribution in [1.82, 2.24) is 10.2 Å². The van der Waals surface area contributed by atoms with Gasteiger partial charge in [0.1, 0.15) is 5.84 Å². The van der Waals surface area contributed by atoms with Gasteiger partial charge >= 0.3 is 0 Å². The van der Waals surface area contributed by atoms with E-state index in [0.29, 0.717) is 24.2 Å². The fourth-order valence-electron chi connectivity index (χ4n) is 4.48. The number of amides is 1. The summed E-state index contributed by atoms with van der Waals surface area (Å²) >= 11 is 0. The first-order valence-corrected chi connectivity index (χ1v) is 11.8. The van der Waals surface area contributed by atoms with Crippen molar-refractivity contribution in [3.05, 3.63) is 70.8 Å². The van der Waals surface area contributed by atoms with Gasteiger partial charge in [-0.15, -0.1) is 0 Å². The number of nitrogens with two attached hydrogens (primary N) is 1. The van der Waals surface area contributed by atoms with Crippen LogP contribution in [-0.4, -0.2) is 35.8 Å². The molecule has 32 heavy (non-hydrogen) atoms. The number of hydrogen-bond acceptors (Lipinski definition) is 4. The first kappa shape index (κ1) is 22.3. The standard InChI is InChI=1S/C27H34N4O/c1-3-12-31(13-4-2)27(32)22-15-21-11-10-19(14-24(21)30-26(28)16-22)18-29-25-17-23(25)20-8-6-5-7-9-20/h5-11,14-15,23,25,29H,3-4,12-13,16-18H2,1-2H3,(H2,28,30)/t23-,25+/m1/s1. The predicted molar refractivity (Wildman–Crippen MR) is 132 cm³/mol.